The summed E-state index contributed by atoms with van der Waals surface area (Å²) in [6, 6.07) is 0. The van der Waals surface area contributed by atoms with Gasteiger partial charge < -0.3 is 9.84 Å². The van der Waals surface area contributed by atoms with Gasteiger partial charge in [-0.05, 0) is 25.2 Å². The predicted molar refractivity (Wildman–Crippen MR) is 106 cm³/mol. The average Bonchev–Trinajstić information content (AvgIpc) is 2.55. The average molecular weight is 343 g/mol. The molecule has 146 valence electrons. The van der Waals surface area contributed by atoms with Crippen molar-refractivity contribution >= 4 is 0 Å². The van der Waals surface area contributed by atoms with Gasteiger partial charge >= 0.3 is 0 Å². The molecule has 0 aliphatic rings. The molecule has 1 unspecified atom stereocenters. The van der Waals surface area contributed by atoms with Crippen LogP contribution >= 0.6 is 0 Å². The number of hydrogen-bond donors (Lipinski definition) is 1. The number of ether oxygens (including phenoxy) is 1. The quantitative estimate of drug-likeness (QED) is 0.198. The monoisotopic (exact) mass is 342 g/mol. The second kappa shape index (κ2) is 19.2. The molecular weight excluding hydrogens is 296 g/mol. The first-order valence-electron chi connectivity index (χ1n) is 11.0. The Morgan fingerprint density at radius 2 is 1.08 bits per heavy atom. The van der Waals surface area contributed by atoms with Gasteiger partial charge in [0.1, 0.15) is 0 Å². The number of aliphatic hydroxyl groups excluding tert-OH is 1. The zero-order valence-electron chi connectivity index (χ0n) is 17.0. The van der Waals surface area contributed by atoms with Gasteiger partial charge in [0.05, 0.1) is 0 Å². The molecule has 0 spiro atoms. The van der Waals surface area contributed by atoms with Crippen molar-refractivity contribution in [3.63, 3.8) is 0 Å². The Morgan fingerprint density at radius 1 is 0.625 bits per heavy atom. The Labute approximate surface area is 152 Å². The summed E-state index contributed by atoms with van der Waals surface area (Å²) in [5.74, 6) is 0.823. The lowest BCUT2D eigenvalue weighted by Gasteiger charge is -2.12. The van der Waals surface area contributed by atoms with E-state index in [0.717, 1.165) is 31.8 Å². The fraction of sp³-hybridized carbons (Fsp3) is 1.00. The van der Waals surface area contributed by atoms with Crippen molar-refractivity contribution in [2.24, 2.45) is 5.92 Å². The minimum Gasteiger partial charge on any atom is -0.368 e. The molecule has 2 nitrogen and oxygen atoms in total. The van der Waals surface area contributed by atoms with Crippen molar-refractivity contribution < 1.29 is 9.84 Å². The second-order valence-electron chi connectivity index (χ2n) is 7.89. The largest absolute Gasteiger partial charge is 0.368 e. The lowest BCUT2D eigenvalue weighted by molar-refractivity contribution is -0.105. The lowest BCUT2D eigenvalue weighted by atomic mass is 10.0. The van der Waals surface area contributed by atoms with Crippen LogP contribution in [0.5, 0.6) is 0 Å². The van der Waals surface area contributed by atoms with Crippen LogP contribution in [0, 0.1) is 5.92 Å². The van der Waals surface area contributed by atoms with Crippen LogP contribution in [0.1, 0.15) is 124 Å². The van der Waals surface area contributed by atoms with E-state index in [9.17, 15) is 5.11 Å². The zero-order chi connectivity index (χ0) is 17.9. The lowest BCUT2D eigenvalue weighted by Crippen LogP contribution is -2.12. The van der Waals surface area contributed by atoms with E-state index in [0.29, 0.717) is 0 Å². The molecule has 0 aliphatic heterocycles. The molecule has 0 rings (SSSR count). The molecule has 2 heteroatoms. The van der Waals surface area contributed by atoms with Crippen LogP contribution in [0.3, 0.4) is 0 Å². The van der Waals surface area contributed by atoms with Gasteiger partial charge in [-0.1, -0.05) is 104 Å². The van der Waals surface area contributed by atoms with Crippen LogP contribution in [0.4, 0.5) is 0 Å². The molecule has 0 saturated heterocycles. The summed E-state index contributed by atoms with van der Waals surface area (Å²) < 4.78 is 5.51. The van der Waals surface area contributed by atoms with Crippen molar-refractivity contribution in [2.45, 2.75) is 130 Å². The van der Waals surface area contributed by atoms with E-state index in [1.165, 1.54) is 83.5 Å². The Hall–Kier alpha value is -0.0800. The van der Waals surface area contributed by atoms with Crippen molar-refractivity contribution in [3.8, 4) is 0 Å². The maximum Gasteiger partial charge on any atom is 0.154 e. The zero-order valence-corrected chi connectivity index (χ0v) is 17.0. The highest BCUT2D eigenvalue weighted by Gasteiger charge is 2.03. The van der Waals surface area contributed by atoms with Gasteiger partial charge in [-0.2, -0.15) is 0 Å². The number of rotatable bonds is 19. The molecule has 0 heterocycles. The van der Waals surface area contributed by atoms with E-state index in [1.807, 2.05) is 0 Å². The van der Waals surface area contributed by atoms with E-state index in [-0.39, 0.29) is 0 Å². The van der Waals surface area contributed by atoms with Crippen LogP contribution in [-0.2, 0) is 4.74 Å². The van der Waals surface area contributed by atoms with Crippen LogP contribution < -0.4 is 0 Å². The molecule has 0 aromatic rings. The number of aliphatic hydroxyl groups is 1. The van der Waals surface area contributed by atoms with Crippen LogP contribution in [0.15, 0.2) is 0 Å². The molecule has 24 heavy (non-hydrogen) atoms. The molecule has 0 aliphatic carbocycles. The first-order valence-corrected chi connectivity index (χ1v) is 11.0. The van der Waals surface area contributed by atoms with Gasteiger partial charge in [-0.15, -0.1) is 0 Å². The summed E-state index contributed by atoms with van der Waals surface area (Å²) in [5, 5.41) is 9.83. The third-order valence-corrected chi connectivity index (χ3v) is 4.79. The van der Waals surface area contributed by atoms with Crippen molar-refractivity contribution in [3.05, 3.63) is 0 Å². The molecule has 0 fully saturated rings. The van der Waals surface area contributed by atoms with Gasteiger partial charge in [0, 0.05) is 6.61 Å². The highest BCUT2D eigenvalue weighted by Crippen LogP contribution is 2.13. The smallest absolute Gasteiger partial charge is 0.154 e. The normalized spacial score (nSPS) is 12.9. The van der Waals surface area contributed by atoms with E-state index >= 15 is 0 Å². The topological polar surface area (TPSA) is 29.5 Å². The van der Waals surface area contributed by atoms with Gasteiger partial charge in [0.2, 0.25) is 0 Å². The molecule has 0 aromatic heterocycles. The molecule has 0 aromatic carbocycles. The molecule has 0 saturated carbocycles. The minimum absolute atomic E-state index is 0.533. The fourth-order valence-corrected chi connectivity index (χ4v) is 3.12. The van der Waals surface area contributed by atoms with Crippen molar-refractivity contribution in [2.75, 3.05) is 6.61 Å². The second-order valence-corrected chi connectivity index (χ2v) is 7.89. The van der Waals surface area contributed by atoms with Gasteiger partial charge in [-0.3, -0.25) is 0 Å². The first-order chi connectivity index (χ1) is 11.7. The molecule has 1 atom stereocenters. The van der Waals surface area contributed by atoms with Gasteiger partial charge in [0.15, 0.2) is 6.29 Å². The standard InChI is InChI=1S/C22H46O2/c1-4-5-6-7-8-9-10-11-12-16-19-22(23)24-20-17-14-13-15-18-21(2)3/h21-23H,4-20H2,1-3H3. The summed E-state index contributed by atoms with van der Waals surface area (Å²) >= 11 is 0. The van der Waals surface area contributed by atoms with Crippen molar-refractivity contribution in [1.82, 2.24) is 0 Å². The molecule has 0 bridgehead atoms. The summed E-state index contributed by atoms with van der Waals surface area (Å²) in [6.45, 7) is 7.56. The Bertz CT molecular complexity index is 228. The predicted octanol–water partition coefficient (Wildman–Crippen LogP) is 7.24. The van der Waals surface area contributed by atoms with Crippen LogP contribution in [0.25, 0.3) is 0 Å². The highest BCUT2D eigenvalue weighted by atomic mass is 16.6. The summed E-state index contributed by atoms with van der Waals surface area (Å²) in [6.07, 6.45) is 19.9. The highest BCUT2D eigenvalue weighted by molar-refractivity contribution is 4.51. The Balaban J connectivity index is 3.14. The van der Waals surface area contributed by atoms with E-state index in [2.05, 4.69) is 20.8 Å². The minimum atomic E-state index is -0.533. The Kier molecular flexibility index (Phi) is 19.2. The summed E-state index contributed by atoms with van der Waals surface area (Å²) in [5.41, 5.74) is 0. The summed E-state index contributed by atoms with van der Waals surface area (Å²) in [4.78, 5) is 0. The molecule has 0 radical (unpaired) electrons. The van der Waals surface area contributed by atoms with Crippen LogP contribution in [-0.4, -0.2) is 18.0 Å². The van der Waals surface area contributed by atoms with Crippen molar-refractivity contribution in [1.29, 1.82) is 0 Å². The Morgan fingerprint density at radius 3 is 1.62 bits per heavy atom. The maximum absolute atomic E-state index is 9.83. The van der Waals surface area contributed by atoms with Gasteiger partial charge in [0.25, 0.3) is 0 Å². The maximum atomic E-state index is 9.83. The van der Waals surface area contributed by atoms with Crippen LogP contribution in [0.2, 0.25) is 0 Å². The van der Waals surface area contributed by atoms with E-state index < -0.39 is 6.29 Å². The fourth-order valence-electron chi connectivity index (χ4n) is 3.12. The first kappa shape index (κ1) is 23.9. The van der Waals surface area contributed by atoms with E-state index in [4.69, 9.17) is 4.74 Å². The number of hydrogen-bond acceptors (Lipinski definition) is 2. The SMILES string of the molecule is CCCCCCCCCCCCC(O)OCCCCCCC(C)C. The summed E-state index contributed by atoms with van der Waals surface area (Å²) in [7, 11) is 0. The molecule has 1 N–H and O–H groups in total. The molecule has 0 amide bonds. The third kappa shape index (κ3) is 20.0. The van der Waals surface area contributed by atoms with E-state index in [1.54, 1.807) is 0 Å². The molecular formula is C22H46O2. The number of unbranched alkanes of at least 4 members (excludes halogenated alkanes) is 12. The third-order valence-electron chi connectivity index (χ3n) is 4.79. The van der Waals surface area contributed by atoms with Gasteiger partial charge in [-0.25, -0.2) is 0 Å².